The van der Waals surface area contributed by atoms with Crippen LogP contribution in [0, 0.1) is 12.7 Å². The number of halogens is 2. The highest BCUT2D eigenvalue weighted by Crippen LogP contribution is 2.27. The maximum absolute atomic E-state index is 14.0. The van der Waals surface area contributed by atoms with E-state index >= 15 is 0 Å². The van der Waals surface area contributed by atoms with Gasteiger partial charge in [0.1, 0.15) is 18.4 Å². The molecule has 1 N–H and O–H groups in total. The highest BCUT2D eigenvalue weighted by atomic mass is 35.5. The van der Waals surface area contributed by atoms with E-state index in [0.717, 1.165) is 29.0 Å². The van der Waals surface area contributed by atoms with Gasteiger partial charge >= 0.3 is 0 Å². The number of unbranched alkanes of at least 4 members (excludes halogenated alkanes) is 1. The Kier molecular flexibility index (Phi) is 11.1. The lowest BCUT2D eigenvalue weighted by Crippen LogP contribution is -2.53. The summed E-state index contributed by atoms with van der Waals surface area (Å²) in [5.74, 6) is -1.36. The minimum atomic E-state index is -3.91. The molecule has 3 aromatic rings. The second-order valence-corrected chi connectivity index (χ2v) is 12.0. The lowest BCUT2D eigenvalue weighted by Gasteiger charge is -2.34. The SMILES string of the molecule is CCCCNC(=O)[C@H](Cc1ccccc1)N(Cc1ccc(F)cc1)C(=O)CN(c1cc(Cl)ccc1C)S(C)(=O)=O. The molecule has 0 saturated heterocycles. The number of amides is 2. The van der Waals surface area contributed by atoms with Gasteiger partial charge in [-0.05, 0) is 54.3 Å². The third-order valence-corrected chi connectivity index (χ3v) is 7.85. The molecule has 3 rings (SSSR count). The fourth-order valence-electron chi connectivity index (χ4n) is 4.29. The molecule has 3 aromatic carbocycles. The molecule has 0 bridgehead atoms. The molecule has 0 saturated carbocycles. The Morgan fingerprint density at radius 1 is 1.00 bits per heavy atom. The average Bonchev–Trinajstić information content (AvgIpc) is 2.91. The number of carbonyl (C=O) groups is 2. The van der Waals surface area contributed by atoms with Crippen molar-refractivity contribution in [3.63, 3.8) is 0 Å². The van der Waals surface area contributed by atoms with E-state index < -0.39 is 34.3 Å². The molecule has 40 heavy (non-hydrogen) atoms. The number of hydrogen-bond acceptors (Lipinski definition) is 4. The van der Waals surface area contributed by atoms with Crippen LogP contribution in [0.1, 0.15) is 36.5 Å². The molecule has 10 heteroatoms. The van der Waals surface area contributed by atoms with E-state index in [9.17, 15) is 22.4 Å². The van der Waals surface area contributed by atoms with Crippen LogP contribution in [0.3, 0.4) is 0 Å². The number of benzene rings is 3. The summed E-state index contributed by atoms with van der Waals surface area (Å²) in [5, 5.41) is 3.25. The summed E-state index contributed by atoms with van der Waals surface area (Å²) in [6.07, 6.45) is 2.88. The first-order chi connectivity index (χ1) is 19.0. The van der Waals surface area contributed by atoms with Crippen molar-refractivity contribution in [2.75, 3.05) is 23.7 Å². The largest absolute Gasteiger partial charge is 0.354 e. The smallest absolute Gasteiger partial charge is 0.244 e. The molecule has 2 amide bonds. The van der Waals surface area contributed by atoms with Gasteiger partial charge in [-0.25, -0.2) is 12.8 Å². The van der Waals surface area contributed by atoms with E-state index in [2.05, 4.69) is 5.32 Å². The number of hydrogen-bond donors (Lipinski definition) is 1. The Bertz CT molecular complexity index is 1400. The molecule has 0 radical (unpaired) electrons. The molecule has 214 valence electrons. The molecule has 0 unspecified atom stereocenters. The van der Waals surface area contributed by atoms with Crippen LogP contribution in [0.4, 0.5) is 10.1 Å². The zero-order chi connectivity index (χ0) is 29.3. The van der Waals surface area contributed by atoms with Crippen molar-refractivity contribution in [3.8, 4) is 0 Å². The van der Waals surface area contributed by atoms with Gasteiger partial charge < -0.3 is 10.2 Å². The number of nitrogens with zero attached hydrogens (tertiary/aromatic N) is 2. The molecule has 0 aromatic heterocycles. The van der Waals surface area contributed by atoms with Gasteiger partial charge in [-0.1, -0.05) is 73.5 Å². The average molecular weight is 588 g/mol. The third-order valence-electron chi connectivity index (χ3n) is 6.49. The molecule has 0 spiro atoms. The number of aryl methyl sites for hydroxylation is 1. The Morgan fingerprint density at radius 3 is 2.30 bits per heavy atom. The minimum Gasteiger partial charge on any atom is -0.354 e. The van der Waals surface area contributed by atoms with E-state index in [4.69, 9.17) is 11.6 Å². The maximum Gasteiger partial charge on any atom is 0.244 e. The fraction of sp³-hybridized carbons (Fsp3) is 0.333. The first-order valence-electron chi connectivity index (χ1n) is 13.1. The molecular formula is C30H35ClFN3O4S. The fourth-order valence-corrected chi connectivity index (χ4v) is 5.36. The quantitative estimate of drug-likeness (QED) is 0.282. The third kappa shape index (κ3) is 8.79. The topological polar surface area (TPSA) is 86.8 Å². The number of nitrogens with one attached hydrogen (secondary N) is 1. The number of rotatable bonds is 13. The van der Waals surface area contributed by atoms with Gasteiger partial charge in [-0.15, -0.1) is 0 Å². The van der Waals surface area contributed by atoms with Crippen LogP contribution >= 0.6 is 11.6 Å². The summed E-state index contributed by atoms with van der Waals surface area (Å²) in [6.45, 7) is 3.61. The van der Waals surface area contributed by atoms with Crippen molar-refractivity contribution in [2.24, 2.45) is 0 Å². The van der Waals surface area contributed by atoms with Crippen molar-refractivity contribution < 1.29 is 22.4 Å². The predicted molar refractivity (Wildman–Crippen MR) is 157 cm³/mol. The minimum absolute atomic E-state index is 0.0239. The normalized spacial score (nSPS) is 12.0. The molecule has 0 aliphatic rings. The highest BCUT2D eigenvalue weighted by molar-refractivity contribution is 7.92. The highest BCUT2D eigenvalue weighted by Gasteiger charge is 2.33. The van der Waals surface area contributed by atoms with Gasteiger partial charge in [0, 0.05) is 24.5 Å². The number of sulfonamides is 1. The summed E-state index contributed by atoms with van der Waals surface area (Å²) in [6, 6.07) is 18.8. The second kappa shape index (κ2) is 14.3. The van der Waals surface area contributed by atoms with E-state index in [-0.39, 0.29) is 24.6 Å². The maximum atomic E-state index is 14.0. The first kappa shape index (κ1) is 31.1. The van der Waals surface area contributed by atoms with Crippen molar-refractivity contribution in [1.82, 2.24) is 10.2 Å². The second-order valence-electron chi connectivity index (χ2n) is 9.70. The Balaban J connectivity index is 2.05. The summed E-state index contributed by atoms with van der Waals surface area (Å²) in [7, 11) is -3.91. The van der Waals surface area contributed by atoms with E-state index in [1.165, 1.54) is 23.1 Å². The van der Waals surface area contributed by atoms with E-state index in [1.54, 1.807) is 31.2 Å². The van der Waals surface area contributed by atoms with Gasteiger partial charge in [0.2, 0.25) is 21.8 Å². The van der Waals surface area contributed by atoms with Crippen molar-refractivity contribution >= 4 is 39.1 Å². The summed E-state index contributed by atoms with van der Waals surface area (Å²) in [4.78, 5) is 29.0. The summed E-state index contributed by atoms with van der Waals surface area (Å²) < 4.78 is 40.5. The number of carbonyl (C=O) groups excluding carboxylic acids is 2. The van der Waals surface area contributed by atoms with Gasteiger partial charge in [0.25, 0.3) is 0 Å². The number of anilines is 1. The summed E-state index contributed by atoms with van der Waals surface area (Å²) >= 11 is 6.17. The van der Waals surface area contributed by atoms with Gasteiger partial charge in [0.05, 0.1) is 11.9 Å². The Morgan fingerprint density at radius 2 is 1.68 bits per heavy atom. The first-order valence-corrected chi connectivity index (χ1v) is 15.3. The van der Waals surface area contributed by atoms with Gasteiger partial charge in [0.15, 0.2) is 0 Å². The van der Waals surface area contributed by atoms with Crippen LogP contribution in [0.15, 0.2) is 72.8 Å². The van der Waals surface area contributed by atoms with Crippen LogP contribution in [0.2, 0.25) is 5.02 Å². The van der Waals surface area contributed by atoms with Crippen LogP contribution in [-0.4, -0.2) is 50.5 Å². The van der Waals surface area contributed by atoms with Crippen molar-refractivity contribution in [3.05, 3.63) is 100 Å². The predicted octanol–water partition coefficient (Wildman–Crippen LogP) is 5.11. The lowest BCUT2D eigenvalue weighted by atomic mass is 10.0. The lowest BCUT2D eigenvalue weighted by molar-refractivity contribution is -0.140. The Hall–Kier alpha value is -3.43. The van der Waals surface area contributed by atoms with Crippen LogP contribution in [-0.2, 0) is 32.6 Å². The zero-order valence-electron chi connectivity index (χ0n) is 22.9. The monoisotopic (exact) mass is 587 g/mol. The van der Waals surface area contributed by atoms with Gasteiger partial charge in [-0.2, -0.15) is 0 Å². The Labute approximate surface area is 241 Å². The van der Waals surface area contributed by atoms with Crippen molar-refractivity contribution in [2.45, 2.75) is 45.7 Å². The molecular weight excluding hydrogens is 553 g/mol. The van der Waals surface area contributed by atoms with Gasteiger partial charge in [-0.3, -0.25) is 13.9 Å². The molecule has 0 aliphatic carbocycles. The van der Waals surface area contributed by atoms with Crippen LogP contribution in [0.25, 0.3) is 0 Å². The molecule has 0 heterocycles. The zero-order valence-corrected chi connectivity index (χ0v) is 24.5. The van der Waals surface area contributed by atoms with Crippen LogP contribution in [0.5, 0.6) is 0 Å². The van der Waals surface area contributed by atoms with Crippen LogP contribution < -0.4 is 9.62 Å². The molecule has 0 fully saturated rings. The van der Waals surface area contributed by atoms with E-state index in [1.807, 2.05) is 37.3 Å². The van der Waals surface area contributed by atoms with E-state index in [0.29, 0.717) is 22.7 Å². The summed E-state index contributed by atoms with van der Waals surface area (Å²) in [5.41, 5.74) is 2.32. The molecule has 0 aliphatic heterocycles. The molecule has 1 atom stereocenters. The molecule has 7 nitrogen and oxygen atoms in total. The van der Waals surface area contributed by atoms with Crippen molar-refractivity contribution in [1.29, 1.82) is 0 Å². The standard InChI is InChI=1S/C30H35ClFN3O4S/c1-4-5-17-33-30(37)28(18-23-9-7-6-8-10-23)34(20-24-12-15-26(32)16-13-24)29(36)21-35(40(3,38)39)27-19-25(31)14-11-22(27)2/h6-16,19,28H,4-5,17-18,20-21H2,1-3H3,(H,33,37)/t28-/m0/s1.